The Morgan fingerprint density at radius 3 is 2.33 bits per heavy atom. The lowest BCUT2D eigenvalue weighted by molar-refractivity contribution is 0.558. The summed E-state index contributed by atoms with van der Waals surface area (Å²) in [5.41, 5.74) is 4.64. The fourth-order valence-electron chi connectivity index (χ4n) is 2.23. The smallest absolute Gasteiger partial charge is 0.0594 e. The number of nitrogens with one attached hydrogen (secondary N) is 1. The van der Waals surface area contributed by atoms with Gasteiger partial charge in [0.05, 0.1) is 17.6 Å². The molecule has 21 heavy (non-hydrogen) atoms. The maximum Gasteiger partial charge on any atom is 0.0594 e. The van der Waals surface area contributed by atoms with E-state index in [2.05, 4.69) is 79.4 Å². The number of pyridine rings is 1. The summed E-state index contributed by atoms with van der Waals surface area (Å²) in [5, 5.41) is 3.46. The number of hydrogen-bond donors (Lipinski definition) is 1. The fraction of sp³-hybridized carbons (Fsp3) is 0.389. The maximum absolute atomic E-state index is 4.59. The first-order valence-electron chi connectivity index (χ1n) is 7.61. The molecule has 0 saturated heterocycles. The summed E-state index contributed by atoms with van der Waals surface area (Å²) in [4.78, 5) is 6.74. The molecule has 1 atom stereocenters. The fourth-order valence-corrected chi connectivity index (χ4v) is 2.23. The van der Waals surface area contributed by atoms with Gasteiger partial charge in [0.15, 0.2) is 0 Å². The standard InChI is InChI=1S/C18H25N3/c1-5-12-19-15(3)18-11-10-17(13-20-18)21(4)16-8-6-14(2)7-9-16/h6-11,13,15,19H,5,12H2,1-4H3. The van der Waals surface area contributed by atoms with Crippen LogP contribution < -0.4 is 10.2 Å². The van der Waals surface area contributed by atoms with Crippen molar-refractivity contribution < 1.29 is 0 Å². The first-order valence-corrected chi connectivity index (χ1v) is 7.61. The molecule has 0 aliphatic carbocycles. The molecule has 1 heterocycles. The normalized spacial score (nSPS) is 12.2. The first-order chi connectivity index (χ1) is 10.1. The zero-order valence-corrected chi connectivity index (χ0v) is 13.4. The molecule has 1 aromatic carbocycles. The zero-order chi connectivity index (χ0) is 15.2. The summed E-state index contributed by atoms with van der Waals surface area (Å²) in [6, 6.07) is 13.1. The van der Waals surface area contributed by atoms with Crippen molar-refractivity contribution in [2.75, 3.05) is 18.5 Å². The Bertz CT molecular complexity index is 546. The lowest BCUT2D eigenvalue weighted by Crippen LogP contribution is -2.20. The third kappa shape index (κ3) is 4.05. The molecular weight excluding hydrogens is 258 g/mol. The zero-order valence-electron chi connectivity index (χ0n) is 13.4. The number of rotatable bonds is 6. The van der Waals surface area contributed by atoms with Crippen molar-refractivity contribution in [3.05, 3.63) is 53.9 Å². The third-order valence-corrected chi connectivity index (χ3v) is 3.72. The van der Waals surface area contributed by atoms with E-state index in [4.69, 9.17) is 0 Å². The van der Waals surface area contributed by atoms with E-state index in [-0.39, 0.29) is 0 Å². The molecule has 3 nitrogen and oxygen atoms in total. The highest BCUT2D eigenvalue weighted by Crippen LogP contribution is 2.24. The van der Waals surface area contributed by atoms with Crippen LogP contribution in [0.15, 0.2) is 42.6 Å². The van der Waals surface area contributed by atoms with Crippen molar-refractivity contribution in [2.45, 2.75) is 33.2 Å². The minimum Gasteiger partial charge on any atom is -0.343 e. The van der Waals surface area contributed by atoms with Crippen LogP contribution in [-0.4, -0.2) is 18.6 Å². The second-order valence-corrected chi connectivity index (χ2v) is 5.51. The Morgan fingerprint density at radius 1 is 1.10 bits per heavy atom. The van der Waals surface area contributed by atoms with Crippen LogP contribution in [0.3, 0.4) is 0 Å². The summed E-state index contributed by atoms with van der Waals surface area (Å²) in [7, 11) is 2.07. The number of anilines is 2. The predicted molar refractivity (Wildman–Crippen MR) is 90.2 cm³/mol. The SMILES string of the molecule is CCCNC(C)c1ccc(N(C)c2ccc(C)cc2)cn1. The van der Waals surface area contributed by atoms with Crippen molar-refractivity contribution in [1.29, 1.82) is 0 Å². The molecule has 1 N–H and O–H groups in total. The average molecular weight is 283 g/mol. The van der Waals surface area contributed by atoms with Gasteiger partial charge in [0.1, 0.15) is 0 Å². The molecule has 0 fully saturated rings. The van der Waals surface area contributed by atoms with Crippen LogP contribution in [0.4, 0.5) is 11.4 Å². The molecule has 0 aliphatic rings. The van der Waals surface area contributed by atoms with Crippen LogP contribution in [0.5, 0.6) is 0 Å². The van der Waals surface area contributed by atoms with Crippen molar-refractivity contribution in [2.24, 2.45) is 0 Å². The topological polar surface area (TPSA) is 28.2 Å². The van der Waals surface area contributed by atoms with Gasteiger partial charge in [-0.15, -0.1) is 0 Å². The van der Waals surface area contributed by atoms with Crippen LogP contribution in [0.25, 0.3) is 0 Å². The van der Waals surface area contributed by atoms with E-state index in [1.807, 2.05) is 6.20 Å². The highest BCUT2D eigenvalue weighted by molar-refractivity contribution is 5.61. The Balaban J connectivity index is 2.09. The highest BCUT2D eigenvalue weighted by Gasteiger charge is 2.08. The molecular formula is C18H25N3. The third-order valence-electron chi connectivity index (χ3n) is 3.72. The lowest BCUT2D eigenvalue weighted by Gasteiger charge is -2.20. The molecule has 1 aromatic heterocycles. The van der Waals surface area contributed by atoms with Gasteiger partial charge in [-0.25, -0.2) is 0 Å². The van der Waals surface area contributed by atoms with E-state index in [1.54, 1.807) is 0 Å². The van der Waals surface area contributed by atoms with Gasteiger partial charge < -0.3 is 10.2 Å². The van der Waals surface area contributed by atoms with Crippen LogP contribution in [0.1, 0.15) is 37.6 Å². The second kappa shape index (κ2) is 7.23. The predicted octanol–water partition coefficient (Wildman–Crippen LogP) is 4.22. The molecule has 0 radical (unpaired) electrons. The van der Waals surface area contributed by atoms with Crippen molar-refractivity contribution in [3.63, 3.8) is 0 Å². The highest BCUT2D eigenvalue weighted by atomic mass is 15.1. The van der Waals surface area contributed by atoms with Crippen molar-refractivity contribution >= 4 is 11.4 Å². The van der Waals surface area contributed by atoms with Gasteiger partial charge in [-0.3, -0.25) is 4.98 Å². The Labute approximate surface area is 128 Å². The number of hydrogen-bond acceptors (Lipinski definition) is 3. The quantitative estimate of drug-likeness (QED) is 0.860. The van der Waals surface area contributed by atoms with E-state index in [0.29, 0.717) is 6.04 Å². The van der Waals surface area contributed by atoms with Gasteiger partial charge in [0.2, 0.25) is 0 Å². The number of aryl methyl sites for hydroxylation is 1. The largest absolute Gasteiger partial charge is 0.343 e. The summed E-state index contributed by atoms with van der Waals surface area (Å²) < 4.78 is 0. The van der Waals surface area contributed by atoms with Crippen LogP contribution in [0, 0.1) is 6.92 Å². The van der Waals surface area contributed by atoms with Gasteiger partial charge in [-0.1, -0.05) is 24.6 Å². The van der Waals surface area contributed by atoms with Crippen LogP contribution in [0.2, 0.25) is 0 Å². The summed E-state index contributed by atoms with van der Waals surface area (Å²) in [5.74, 6) is 0. The number of nitrogens with zero attached hydrogens (tertiary/aromatic N) is 2. The molecule has 0 spiro atoms. The lowest BCUT2D eigenvalue weighted by atomic mass is 10.2. The van der Waals surface area contributed by atoms with E-state index in [1.165, 1.54) is 11.3 Å². The summed E-state index contributed by atoms with van der Waals surface area (Å²) in [6.45, 7) is 7.45. The molecule has 2 aromatic rings. The van der Waals surface area contributed by atoms with Crippen molar-refractivity contribution in [3.8, 4) is 0 Å². The van der Waals surface area contributed by atoms with Gasteiger partial charge in [0.25, 0.3) is 0 Å². The minimum absolute atomic E-state index is 0.295. The molecule has 1 unspecified atom stereocenters. The van der Waals surface area contributed by atoms with Gasteiger partial charge >= 0.3 is 0 Å². The van der Waals surface area contributed by atoms with E-state index >= 15 is 0 Å². The Hall–Kier alpha value is -1.87. The average Bonchev–Trinajstić information content (AvgIpc) is 2.53. The number of benzene rings is 1. The molecule has 112 valence electrons. The summed E-state index contributed by atoms with van der Waals surface area (Å²) >= 11 is 0. The maximum atomic E-state index is 4.59. The van der Waals surface area contributed by atoms with Gasteiger partial charge in [0, 0.05) is 18.8 Å². The number of aromatic nitrogens is 1. The monoisotopic (exact) mass is 283 g/mol. The Kier molecular flexibility index (Phi) is 5.34. The molecule has 0 saturated carbocycles. The van der Waals surface area contributed by atoms with Gasteiger partial charge in [-0.05, 0) is 51.1 Å². The van der Waals surface area contributed by atoms with Crippen LogP contribution in [-0.2, 0) is 0 Å². The van der Waals surface area contributed by atoms with E-state index in [9.17, 15) is 0 Å². The van der Waals surface area contributed by atoms with E-state index in [0.717, 1.165) is 24.3 Å². The molecule has 0 amide bonds. The molecule has 2 rings (SSSR count). The molecule has 0 aliphatic heterocycles. The summed E-state index contributed by atoms with van der Waals surface area (Å²) in [6.07, 6.45) is 3.08. The Morgan fingerprint density at radius 2 is 1.76 bits per heavy atom. The van der Waals surface area contributed by atoms with Crippen LogP contribution >= 0.6 is 0 Å². The molecule has 3 heteroatoms. The first kappa shape index (κ1) is 15.5. The molecule has 0 bridgehead atoms. The second-order valence-electron chi connectivity index (χ2n) is 5.51. The van der Waals surface area contributed by atoms with E-state index < -0.39 is 0 Å². The minimum atomic E-state index is 0.295. The van der Waals surface area contributed by atoms with Crippen molar-refractivity contribution in [1.82, 2.24) is 10.3 Å². The van der Waals surface area contributed by atoms with Gasteiger partial charge in [-0.2, -0.15) is 0 Å².